The predicted octanol–water partition coefficient (Wildman–Crippen LogP) is 4.69. The van der Waals surface area contributed by atoms with E-state index in [4.69, 9.17) is 11.6 Å². The van der Waals surface area contributed by atoms with Gasteiger partial charge in [0.1, 0.15) is 0 Å². The van der Waals surface area contributed by atoms with Gasteiger partial charge in [-0.2, -0.15) is 8.78 Å². The zero-order valence-electron chi connectivity index (χ0n) is 11.8. The van der Waals surface area contributed by atoms with Crippen molar-refractivity contribution < 1.29 is 30.3 Å². The van der Waals surface area contributed by atoms with Crippen molar-refractivity contribution in [1.82, 2.24) is 4.98 Å². The van der Waals surface area contributed by atoms with Crippen LogP contribution in [0.5, 0.6) is 5.75 Å². The molecule has 0 saturated carbocycles. The summed E-state index contributed by atoms with van der Waals surface area (Å²) in [6, 6.07) is 5.47. The lowest BCUT2D eigenvalue weighted by molar-refractivity contribution is 0.352. The summed E-state index contributed by atoms with van der Waals surface area (Å²) < 4.78 is 83.0. The van der Waals surface area contributed by atoms with E-state index < -0.39 is 45.9 Å². The van der Waals surface area contributed by atoms with Crippen LogP contribution in [0.2, 0.25) is 5.02 Å². The molecule has 0 fully saturated rings. The van der Waals surface area contributed by atoms with Crippen molar-refractivity contribution in [3.05, 3.63) is 64.6 Å². The Labute approximate surface area is 144 Å². The molecular weight excluding hydrogens is 389 g/mol. The van der Waals surface area contributed by atoms with Crippen LogP contribution in [-0.4, -0.2) is 9.19 Å². The molecule has 0 amide bonds. The SMILES string of the molecule is O=S(Oc1c(F)c(F)c(F)c(F)c1F)c1ccc2c(Cl)ccnc2c1. The van der Waals surface area contributed by atoms with Gasteiger partial charge in [-0.15, -0.1) is 0 Å². The zero-order valence-corrected chi connectivity index (χ0v) is 13.4. The Morgan fingerprint density at radius 1 is 0.920 bits per heavy atom. The van der Waals surface area contributed by atoms with Crippen molar-refractivity contribution in [3.63, 3.8) is 0 Å². The largest absolute Gasteiger partial charge is 0.390 e. The number of fused-ring (bicyclic) bond motifs is 1. The van der Waals surface area contributed by atoms with Gasteiger partial charge < -0.3 is 4.18 Å². The molecule has 3 aromatic rings. The second-order valence-electron chi connectivity index (χ2n) is 4.69. The van der Waals surface area contributed by atoms with Gasteiger partial charge in [0, 0.05) is 11.6 Å². The third-order valence-corrected chi connectivity index (χ3v) is 4.47. The molecule has 0 aliphatic heterocycles. The van der Waals surface area contributed by atoms with Gasteiger partial charge in [-0.05, 0) is 24.3 Å². The molecule has 0 radical (unpaired) electrons. The molecule has 3 rings (SSSR count). The average Bonchev–Trinajstić information content (AvgIpc) is 2.61. The molecule has 2 aromatic carbocycles. The Balaban J connectivity index is 2.01. The standard InChI is InChI=1S/C15H5ClF5NO2S/c16-8-3-4-22-9-5-6(1-2-7(8)9)25(23)24-15-13(20)11(18)10(17)12(19)14(15)21/h1-5H. The second kappa shape index (κ2) is 6.57. The van der Waals surface area contributed by atoms with Gasteiger partial charge >= 0.3 is 0 Å². The van der Waals surface area contributed by atoms with E-state index in [2.05, 4.69) is 9.17 Å². The Bertz CT molecular complexity index is 1000. The van der Waals surface area contributed by atoms with E-state index in [1.165, 1.54) is 30.5 Å². The average molecular weight is 394 g/mol. The summed E-state index contributed by atoms with van der Waals surface area (Å²) in [5.74, 6) is -12.8. The maximum Gasteiger partial charge on any atom is 0.240 e. The smallest absolute Gasteiger partial charge is 0.240 e. The summed E-state index contributed by atoms with van der Waals surface area (Å²) >= 11 is 3.39. The van der Waals surface area contributed by atoms with E-state index in [-0.39, 0.29) is 4.90 Å². The van der Waals surface area contributed by atoms with Crippen LogP contribution < -0.4 is 4.18 Å². The van der Waals surface area contributed by atoms with Crippen LogP contribution in [-0.2, 0) is 11.1 Å². The number of rotatable bonds is 3. The first-order valence-electron chi connectivity index (χ1n) is 6.47. The number of nitrogens with zero attached hydrogens (tertiary/aromatic N) is 1. The summed E-state index contributed by atoms with van der Waals surface area (Å²) in [5.41, 5.74) is 0.305. The van der Waals surface area contributed by atoms with Crippen molar-refractivity contribution >= 4 is 33.6 Å². The number of aromatic nitrogens is 1. The minimum atomic E-state index is -2.56. The van der Waals surface area contributed by atoms with Gasteiger partial charge in [0.25, 0.3) is 0 Å². The number of benzene rings is 2. The molecule has 0 aliphatic carbocycles. The van der Waals surface area contributed by atoms with Gasteiger partial charge in [-0.1, -0.05) is 11.6 Å². The number of pyridine rings is 1. The van der Waals surface area contributed by atoms with E-state index in [0.29, 0.717) is 15.9 Å². The van der Waals surface area contributed by atoms with E-state index in [0.717, 1.165) is 0 Å². The lowest BCUT2D eigenvalue weighted by atomic mass is 10.2. The number of hydrogen-bond donors (Lipinski definition) is 0. The summed E-state index contributed by atoms with van der Waals surface area (Å²) in [6.07, 6.45) is 1.38. The fraction of sp³-hybridized carbons (Fsp3) is 0. The summed E-state index contributed by atoms with van der Waals surface area (Å²) in [6.45, 7) is 0. The molecule has 10 heteroatoms. The first-order chi connectivity index (χ1) is 11.8. The zero-order chi connectivity index (χ0) is 18.3. The minimum absolute atomic E-state index is 0.105. The molecule has 0 bridgehead atoms. The summed E-state index contributed by atoms with van der Waals surface area (Å²) in [5, 5.41) is 0.879. The molecular formula is C15H5ClF5NO2S. The fourth-order valence-electron chi connectivity index (χ4n) is 1.98. The Hall–Kier alpha value is -2.26. The first-order valence-corrected chi connectivity index (χ1v) is 7.92. The Morgan fingerprint density at radius 3 is 2.16 bits per heavy atom. The highest BCUT2D eigenvalue weighted by molar-refractivity contribution is 7.80. The predicted molar refractivity (Wildman–Crippen MR) is 80.0 cm³/mol. The summed E-state index contributed by atoms with van der Waals surface area (Å²) in [4.78, 5) is 3.87. The molecule has 1 unspecified atom stereocenters. The molecule has 0 spiro atoms. The maximum atomic E-state index is 13.6. The van der Waals surface area contributed by atoms with Crippen molar-refractivity contribution in [2.75, 3.05) is 0 Å². The topological polar surface area (TPSA) is 39.2 Å². The highest BCUT2D eigenvalue weighted by Crippen LogP contribution is 2.31. The highest BCUT2D eigenvalue weighted by Gasteiger charge is 2.28. The van der Waals surface area contributed by atoms with Crippen LogP contribution in [0.4, 0.5) is 22.0 Å². The molecule has 1 atom stereocenters. The van der Waals surface area contributed by atoms with Crippen LogP contribution >= 0.6 is 11.6 Å². The Kier molecular flexibility index (Phi) is 4.61. The van der Waals surface area contributed by atoms with Crippen molar-refractivity contribution in [2.24, 2.45) is 0 Å². The monoisotopic (exact) mass is 393 g/mol. The second-order valence-corrected chi connectivity index (χ2v) is 6.20. The van der Waals surface area contributed by atoms with Crippen LogP contribution in [0.1, 0.15) is 0 Å². The minimum Gasteiger partial charge on any atom is -0.390 e. The van der Waals surface area contributed by atoms with Gasteiger partial charge in [-0.25, -0.2) is 17.4 Å². The van der Waals surface area contributed by atoms with E-state index in [1.807, 2.05) is 0 Å². The summed E-state index contributed by atoms with van der Waals surface area (Å²) in [7, 11) is 0. The molecule has 130 valence electrons. The molecule has 0 aliphatic rings. The first kappa shape index (κ1) is 17.6. The van der Waals surface area contributed by atoms with E-state index >= 15 is 0 Å². The maximum absolute atomic E-state index is 13.6. The van der Waals surface area contributed by atoms with Crippen molar-refractivity contribution in [1.29, 1.82) is 0 Å². The lowest BCUT2D eigenvalue weighted by Gasteiger charge is -2.09. The quantitative estimate of drug-likeness (QED) is 0.368. The molecule has 25 heavy (non-hydrogen) atoms. The van der Waals surface area contributed by atoms with Crippen LogP contribution in [0, 0.1) is 29.1 Å². The van der Waals surface area contributed by atoms with Gasteiger partial charge in [0.05, 0.1) is 15.4 Å². The third-order valence-electron chi connectivity index (χ3n) is 3.18. The Morgan fingerprint density at radius 2 is 1.52 bits per heavy atom. The molecule has 0 saturated heterocycles. The van der Waals surface area contributed by atoms with E-state index in [9.17, 15) is 26.2 Å². The molecule has 1 aromatic heterocycles. The van der Waals surface area contributed by atoms with Crippen molar-refractivity contribution in [2.45, 2.75) is 4.90 Å². The fourth-order valence-corrected chi connectivity index (χ4v) is 2.98. The normalized spacial score (nSPS) is 12.4. The third kappa shape index (κ3) is 3.05. The highest BCUT2D eigenvalue weighted by atomic mass is 35.5. The van der Waals surface area contributed by atoms with Crippen LogP contribution in [0.25, 0.3) is 10.9 Å². The molecule has 3 nitrogen and oxygen atoms in total. The molecule has 0 N–H and O–H groups in total. The van der Waals surface area contributed by atoms with Crippen LogP contribution in [0.15, 0.2) is 35.4 Å². The van der Waals surface area contributed by atoms with Crippen molar-refractivity contribution in [3.8, 4) is 5.75 Å². The lowest BCUT2D eigenvalue weighted by Crippen LogP contribution is -2.09. The van der Waals surface area contributed by atoms with Gasteiger partial charge in [0.2, 0.25) is 45.9 Å². The number of hydrogen-bond acceptors (Lipinski definition) is 3. The van der Waals surface area contributed by atoms with Gasteiger partial charge in [-0.3, -0.25) is 4.98 Å². The van der Waals surface area contributed by atoms with Crippen LogP contribution in [0.3, 0.4) is 0 Å². The number of halogens is 6. The molecule has 1 heterocycles. The van der Waals surface area contributed by atoms with E-state index in [1.54, 1.807) is 0 Å². The van der Waals surface area contributed by atoms with Gasteiger partial charge in [0.15, 0.2) is 0 Å².